The van der Waals surface area contributed by atoms with Crippen LogP contribution in [0.1, 0.15) is 18.5 Å². The summed E-state index contributed by atoms with van der Waals surface area (Å²) in [7, 11) is 0. The SMILES string of the molecule is NC1CCN(C(=O)Cc2coc(-c3cccs3)n2)CC1. The second-order valence-corrected chi connectivity index (χ2v) is 5.96. The Bertz CT molecular complexity index is 571. The lowest BCUT2D eigenvalue weighted by Gasteiger charge is -2.30. The monoisotopic (exact) mass is 291 g/mol. The molecule has 1 aliphatic heterocycles. The van der Waals surface area contributed by atoms with Crippen molar-refractivity contribution in [1.82, 2.24) is 9.88 Å². The lowest BCUT2D eigenvalue weighted by Crippen LogP contribution is -2.43. The maximum atomic E-state index is 12.2. The van der Waals surface area contributed by atoms with Gasteiger partial charge in [-0.05, 0) is 24.3 Å². The van der Waals surface area contributed by atoms with Gasteiger partial charge in [-0.25, -0.2) is 4.98 Å². The molecule has 106 valence electrons. The molecule has 1 fully saturated rings. The molecule has 0 atom stereocenters. The van der Waals surface area contributed by atoms with Crippen LogP contribution in [0.4, 0.5) is 0 Å². The molecule has 2 N–H and O–H groups in total. The van der Waals surface area contributed by atoms with Crippen LogP contribution < -0.4 is 5.73 Å². The number of piperidine rings is 1. The van der Waals surface area contributed by atoms with Gasteiger partial charge in [0, 0.05) is 19.1 Å². The zero-order chi connectivity index (χ0) is 13.9. The first-order valence-electron chi connectivity index (χ1n) is 6.74. The van der Waals surface area contributed by atoms with E-state index in [9.17, 15) is 4.79 Å². The predicted octanol–water partition coefficient (Wildman–Crippen LogP) is 1.90. The smallest absolute Gasteiger partial charge is 0.236 e. The van der Waals surface area contributed by atoms with Crippen LogP contribution >= 0.6 is 11.3 Å². The van der Waals surface area contributed by atoms with Crippen molar-refractivity contribution in [2.45, 2.75) is 25.3 Å². The molecule has 3 rings (SSSR count). The van der Waals surface area contributed by atoms with E-state index >= 15 is 0 Å². The molecule has 2 aromatic heterocycles. The van der Waals surface area contributed by atoms with E-state index in [0.717, 1.165) is 30.8 Å². The van der Waals surface area contributed by atoms with E-state index in [0.29, 0.717) is 18.0 Å². The van der Waals surface area contributed by atoms with E-state index in [1.54, 1.807) is 17.6 Å². The normalized spacial score (nSPS) is 16.6. The van der Waals surface area contributed by atoms with Crippen LogP contribution in [0.25, 0.3) is 10.8 Å². The summed E-state index contributed by atoms with van der Waals surface area (Å²) in [6.45, 7) is 1.49. The zero-order valence-corrected chi connectivity index (χ0v) is 11.9. The number of likely N-dealkylation sites (tertiary alicyclic amines) is 1. The maximum absolute atomic E-state index is 12.2. The van der Waals surface area contributed by atoms with Crippen molar-refractivity contribution >= 4 is 17.2 Å². The minimum absolute atomic E-state index is 0.0999. The van der Waals surface area contributed by atoms with Crippen LogP contribution in [-0.4, -0.2) is 34.9 Å². The summed E-state index contributed by atoms with van der Waals surface area (Å²) in [5.41, 5.74) is 6.53. The number of thiophene rings is 1. The quantitative estimate of drug-likeness (QED) is 0.937. The number of hydrogen-bond donors (Lipinski definition) is 1. The molecule has 6 heteroatoms. The summed E-state index contributed by atoms with van der Waals surface area (Å²) < 4.78 is 5.42. The van der Waals surface area contributed by atoms with Crippen molar-refractivity contribution < 1.29 is 9.21 Å². The highest BCUT2D eigenvalue weighted by Crippen LogP contribution is 2.24. The molecule has 0 spiro atoms. The van der Waals surface area contributed by atoms with Crippen LogP contribution in [-0.2, 0) is 11.2 Å². The van der Waals surface area contributed by atoms with E-state index in [1.165, 1.54) is 0 Å². The molecule has 0 radical (unpaired) electrons. The van der Waals surface area contributed by atoms with Crippen molar-refractivity contribution in [2.24, 2.45) is 5.73 Å². The molecular formula is C14H17N3O2S. The lowest BCUT2D eigenvalue weighted by atomic mass is 10.1. The maximum Gasteiger partial charge on any atom is 0.236 e. The van der Waals surface area contributed by atoms with Crippen molar-refractivity contribution in [3.05, 3.63) is 29.5 Å². The van der Waals surface area contributed by atoms with Gasteiger partial charge >= 0.3 is 0 Å². The summed E-state index contributed by atoms with van der Waals surface area (Å²) in [5, 5.41) is 1.97. The van der Waals surface area contributed by atoms with E-state index < -0.39 is 0 Å². The van der Waals surface area contributed by atoms with Crippen molar-refractivity contribution in [2.75, 3.05) is 13.1 Å². The number of amides is 1. The third-order valence-corrected chi connectivity index (χ3v) is 4.37. The molecule has 1 amide bonds. The zero-order valence-electron chi connectivity index (χ0n) is 11.1. The van der Waals surface area contributed by atoms with Gasteiger partial charge in [-0.15, -0.1) is 11.3 Å². The Morgan fingerprint density at radius 3 is 3.00 bits per heavy atom. The number of aromatic nitrogens is 1. The van der Waals surface area contributed by atoms with Crippen LogP contribution in [0.2, 0.25) is 0 Å². The summed E-state index contributed by atoms with van der Waals surface area (Å²) in [5.74, 6) is 0.686. The predicted molar refractivity (Wildman–Crippen MR) is 77.3 cm³/mol. The fourth-order valence-electron chi connectivity index (χ4n) is 2.32. The second-order valence-electron chi connectivity index (χ2n) is 5.02. The van der Waals surface area contributed by atoms with Crippen LogP contribution in [0, 0.1) is 0 Å². The van der Waals surface area contributed by atoms with Crippen LogP contribution in [0.5, 0.6) is 0 Å². The Labute approximate surface area is 121 Å². The van der Waals surface area contributed by atoms with Crippen LogP contribution in [0.15, 0.2) is 28.2 Å². The molecule has 0 unspecified atom stereocenters. The largest absolute Gasteiger partial charge is 0.444 e. The first-order chi connectivity index (χ1) is 9.72. The number of carbonyl (C=O) groups excluding carboxylic acids is 1. The highest BCUT2D eigenvalue weighted by molar-refractivity contribution is 7.13. The van der Waals surface area contributed by atoms with Crippen molar-refractivity contribution in [1.29, 1.82) is 0 Å². The van der Waals surface area contributed by atoms with Gasteiger partial charge in [-0.3, -0.25) is 4.79 Å². The minimum atomic E-state index is 0.0999. The fourth-order valence-corrected chi connectivity index (χ4v) is 2.97. The first-order valence-corrected chi connectivity index (χ1v) is 7.62. The fraction of sp³-hybridized carbons (Fsp3) is 0.429. The van der Waals surface area contributed by atoms with E-state index in [-0.39, 0.29) is 11.9 Å². The number of carbonyl (C=O) groups is 1. The summed E-state index contributed by atoms with van der Waals surface area (Å²) in [4.78, 5) is 19.4. The van der Waals surface area contributed by atoms with Crippen molar-refractivity contribution in [3.63, 3.8) is 0 Å². The van der Waals surface area contributed by atoms with Gasteiger partial charge in [0.25, 0.3) is 0 Å². The summed E-state index contributed by atoms with van der Waals surface area (Å²) >= 11 is 1.57. The van der Waals surface area contributed by atoms with Gasteiger partial charge < -0.3 is 15.1 Å². The van der Waals surface area contributed by atoms with E-state index in [1.807, 2.05) is 22.4 Å². The molecule has 0 aliphatic carbocycles. The number of oxazole rings is 1. The standard InChI is InChI=1S/C14H17N3O2S/c15-10-3-5-17(6-4-10)13(18)8-11-9-19-14(16-11)12-2-1-7-20-12/h1-2,7,9-10H,3-6,8,15H2. The molecule has 0 saturated carbocycles. The topological polar surface area (TPSA) is 72.4 Å². The second kappa shape index (κ2) is 5.76. The first kappa shape index (κ1) is 13.3. The Hall–Kier alpha value is -1.66. The lowest BCUT2D eigenvalue weighted by molar-refractivity contribution is -0.131. The number of nitrogens with two attached hydrogens (primary N) is 1. The van der Waals surface area contributed by atoms with E-state index in [2.05, 4.69) is 4.98 Å². The molecule has 1 saturated heterocycles. The molecular weight excluding hydrogens is 274 g/mol. The molecule has 0 bridgehead atoms. The average molecular weight is 291 g/mol. The van der Waals surface area contributed by atoms with Gasteiger partial charge in [-0.1, -0.05) is 6.07 Å². The molecule has 2 aromatic rings. The number of rotatable bonds is 3. The number of hydrogen-bond acceptors (Lipinski definition) is 5. The van der Waals surface area contributed by atoms with E-state index in [4.69, 9.17) is 10.2 Å². The van der Waals surface area contributed by atoms with Gasteiger partial charge in [0.2, 0.25) is 11.8 Å². The molecule has 1 aliphatic rings. The molecule has 20 heavy (non-hydrogen) atoms. The third-order valence-electron chi connectivity index (χ3n) is 3.51. The van der Waals surface area contributed by atoms with Gasteiger partial charge in [-0.2, -0.15) is 0 Å². The molecule has 3 heterocycles. The average Bonchev–Trinajstić information content (AvgIpc) is 3.09. The van der Waals surface area contributed by atoms with Gasteiger partial charge in [0.1, 0.15) is 6.26 Å². The van der Waals surface area contributed by atoms with Crippen molar-refractivity contribution in [3.8, 4) is 10.8 Å². The molecule has 0 aromatic carbocycles. The summed E-state index contributed by atoms with van der Waals surface area (Å²) in [6, 6.07) is 4.14. The summed E-state index contributed by atoms with van der Waals surface area (Å²) in [6.07, 6.45) is 3.63. The minimum Gasteiger partial charge on any atom is -0.444 e. The Balaban J connectivity index is 1.62. The van der Waals surface area contributed by atoms with Gasteiger partial charge in [0.15, 0.2) is 0 Å². The molecule has 5 nitrogen and oxygen atoms in total. The third kappa shape index (κ3) is 2.91. The Morgan fingerprint density at radius 1 is 1.50 bits per heavy atom. The Kier molecular flexibility index (Phi) is 3.84. The van der Waals surface area contributed by atoms with Crippen LogP contribution in [0.3, 0.4) is 0 Å². The number of nitrogens with zero attached hydrogens (tertiary/aromatic N) is 2. The highest BCUT2D eigenvalue weighted by atomic mass is 32.1. The van der Waals surface area contributed by atoms with Gasteiger partial charge in [0.05, 0.1) is 17.0 Å². The Morgan fingerprint density at radius 2 is 2.30 bits per heavy atom. The highest BCUT2D eigenvalue weighted by Gasteiger charge is 2.21.